The van der Waals surface area contributed by atoms with Crippen LogP contribution < -0.4 is 4.74 Å². The summed E-state index contributed by atoms with van der Waals surface area (Å²) in [5.74, 6) is -0.713. The molecule has 0 saturated heterocycles. The van der Waals surface area contributed by atoms with E-state index in [1.807, 2.05) is 0 Å². The molecule has 0 bridgehead atoms. The molecule has 2 N–H and O–H groups in total. The van der Waals surface area contributed by atoms with E-state index >= 15 is 0 Å². The summed E-state index contributed by atoms with van der Waals surface area (Å²) in [6.45, 7) is 0.411. The SMILES string of the molecule is O=C(O)CCCCOc1sc(S)cc1O. The first-order valence-electron chi connectivity index (χ1n) is 4.46. The number of carbonyl (C=O) groups is 1. The molecule has 0 radical (unpaired) electrons. The van der Waals surface area contributed by atoms with Gasteiger partial charge in [-0.05, 0) is 12.8 Å². The number of thiophene rings is 1. The molecule has 0 aliphatic rings. The molecule has 15 heavy (non-hydrogen) atoms. The van der Waals surface area contributed by atoms with Gasteiger partial charge in [0.15, 0.2) is 5.75 Å². The maximum absolute atomic E-state index is 10.2. The van der Waals surface area contributed by atoms with Crippen LogP contribution in [0.3, 0.4) is 0 Å². The summed E-state index contributed by atoms with van der Waals surface area (Å²) in [6, 6.07) is 1.51. The number of aliphatic carboxylic acids is 1. The molecule has 0 aromatic carbocycles. The molecule has 1 rings (SSSR count). The third kappa shape index (κ3) is 4.44. The average Bonchev–Trinajstić information content (AvgIpc) is 2.44. The lowest BCUT2D eigenvalue weighted by Crippen LogP contribution is -1.99. The van der Waals surface area contributed by atoms with Crippen LogP contribution in [0.4, 0.5) is 0 Å². The first-order chi connectivity index (χ1) is 7.09. The molecule has 0 spiro atoms. The van der Waals surface area contributed by atoms with Crippen LogP contribution >= 0.6 is 24.0 Å². The van der Waals surface area contributed by atoms with E-state index in [-0.39, 0.29) is 12.2 Å². The van der Waals surface area contributed by atoms with Crippen molar-refractivity contribution in [2.75, 3.05) is 6.61 Å². The molecule has 6 heteroatoms. The summed E-state index contributed by atoms with van der Waals surface area (Å²) in [4.78, 5) is 10.2. The van der Waals surface area contributed by atoms with Crippen LogP contribution in [0.15, 0.2) is 10.3 Å². The monoisotopic (exact) mass is 248 g/mol. The minimum atomic E-state index is -0.799. The number of rotatable bonds is 6. The summed E-state index contributed by atoms with van der Waals surface area (Å²) in [6.07, 6.45) is 1.39. The van der Waals surface area contributed by atoms with E-state index in [2.05, 4.69) is 12.6 Å². The van der Waals surface area contributed by atoms with Crippen molar-refractivity contribution in [2.24, 2.45) is 0 Å². The lowest BCUT2D eigenvalue weighted by Gasteiger charge is -2.02. The zero-order valence-electron chi connectivity index (χ0n) is 7.97. The fourth-order valence-corrected chi connectivity index (χ4v) is 2.04. The van der Waals surface area contributed by atoms with E-state index in [1.165, 1.54) is 17.4 Å². The number of aromatic hydroxyl groups is 1. The van der Waals surface area contributed by atoms with Crippen molar-refractivity contribution in [1.82, 2.24) is 0 Å². The topological polar surface area (TPSA) is 66.8 Å². The Morgan fingerprint density at radius 3 is 2.80 bits per heavy atom. The summed E-state index contributed by atoms with van der Waals surface area (Å²) >= 11 is 5.32. The summed E-state index contributed by atoms with van der Waals surface area (Å²) in [7, 11) is 0. The standard InChI is InChI=1S/C9H12O4S2/c10-6-5-8(14)15-9(6)13-4-2-1-3-7(11)12/h5,10,14H,1-4H2,(H,11,12). The van der Waals surface area contributed by atoms with Crippen molar-refractivity contribution in [2.45, 2.75) is 23.5 Å². The van der Waals surface area contributed by atoms with E-state index < -0.39 is 5.97 Å². The highest BCUT2D eigenvalue weighted by Gasteiger charge is 2.06. The van der Waals surface area contributed by atoms with Gasteiger partial charge in [-0.15, -0.1) is 12.6 Å². The number of thiol groups is 1. The Kier molecular flexibility index (Phi) is 4.77. The predicted molar refractivity (Wildman–Crippen MR) is 60.2 cm³/mol. The van der Waals surface area contributed by atoms with Crippen LogP contribution in [0.25, 0.3) is 0 Å². The van der Waals surface area contributed by atoms with Gasteiger partial charge < -0.3 is 14.9 Å². The molecule has 0 atom stereocenters. The molecule has 0 amide bonds. The molecule has 4 nitrogen and oxygen atoms in total. The Balaban J connectivity index is 2.20. The number of ether oxygens (including phenoxy) is 1. The van der Waals surface area contributed by atoms with Gasteiger partial charge in [-0.25, -0.2) is 0 Å². The molecular weight excluding hydrogens is 236 g/mol. The van der Waals surface area contributed by atoms with Gasteiger partial charge >= 0.3 is 5.97 Å². The van der Waals surface area contributed by atoms with E-state index in [9.17, 15) is 9.90 Å². The molecule has 0 saturated carbocycles. The lowest BCUT2D eigenvalue weighted by atomic mass is 10.2. The fraction of sp³-hybridized carbons (Fsp3) is 0.444. The second-order valence-electron chi connectivity index (χ2n) is 2.96. The molecule has 1 heterocycles. The zero-order valence-corrected chi connectivity index (χ0v) is 9.68. The molecular formula is C9H12O4S2. The smallest absolute Gasteiger partial charge is 0.303 e. The fourth-order valence-electron chi connectivity index (χ4n) is 0.999. The van der Waals surface area contributed by atoms with Crippen LogP contribution in [0.1, 0.15) is 19.3 Å². The zero-order chi connectivity index (χ0) is 11.3. The summed E-state index contributed by atoms with van der Waals surface area (Å²) in [5, 5.41) is 18.1. The summed E-state index contributed by atoms with van der Waals surface area (Å²) in [5.41, 5.74) is 0. The number of hydrogen-bond donors (Lipinski definition) is 3. The van der Waals surface area contributed by atoms with Gasteiger partial charge in [0.25, 0.3) is 0 Å². The van der Waals surface area contributed by atoms with Gasteiger partial charge in [0.2, 0.25) is 5.06 Å². The lowest BCUT2D eigenvalue weighted by molar-refractivity contribution is -0.137. The highest BCUT2D eigenvalue weighted by Crippen LogP contribution is 2.37. The number of hydrogen-bond acceptors (Lipinski definition) is 5. The molecule has 0 aliphatic carbocycles. The van der Waals surface area contributed by atoms with Crippen molar-refractivity contribution in [3.63, 3.8) is 0 Å². The van der Waals surface area contributed by atoms with Crippen molar-refractivity contribution in [3.8, 4) is 10.8 Å². The predicted octanol–water partition coefficient (Wildman–Crippen LogP) is 2.38. The molecule has 0 aliphatic heterocycles. The number of carboxylic acid groups (broad SMARTS) is 1. The van der Waals surface area contributed by atoms with E-state index in [0.717, 1.165) is 0 Å². The number of carboxylic acids is 1. The Hall–Kier alpha value is -0.880. The highest BCUT2D eigenvalue weighted by atomic mass is 32.2. The number of unbranched alkanes of at least 4 members (excludes halogenated alkanes) is 1. The van der Waals surface area contributed by atoms with Crippen LogP contribution in [-0.4, -0.2) is 22.8 Å². The van der Waals surface area contributed by atoms with Gasteiger partial charge in [-0.3, -0.25) is 4.79 Å². The van der Waals surface area contributed by atoms with Crippen molar-refractivity contribution in [3.05, 3.63) is 6.07 Å². The largest absolute Gasteiger partial charge is 0.504 e. The highest BCUT2D eigenvalue weighted by molar-refractivity contribution is 7.83. The van der Waals surface area contributed by atoms with Crippen molar-refractivity contribution < 1.29 is 19.7 Å². The minimum absolute atomic E-state index is 0.0863. The minimum Gasteiger partial charge on any atom is -0.504 e. The second-order valence-corrected chi connectivity index (χ2v) is 4.76. The first-order valence-corrected chi connectivity index (χ1v) is 5.72. The van der Waals surface area contributed by atoms with Crippen LogP contribution in [-0.2, 0) is 4.79 Å². The maximum Gasteiger partial charge on any atom is 0.303 e. The Morgan fingerprint density at radius 1 is 1.53 bits per heavy atom. The Labute approximate surface area is 96.9 Å². The van der Waals surface area contributed by atoms with E-state index in [4.69, 9.17) is 9.84 Å². The van der Waals surface area contributed by atoms with Gasteiger partial charge in [0, 0.05) is 12.5 Å². The Bertz CT molecular complexity index is 335. The van der Waals surface area contributed by atoms with Crippen LogP contribution in [0.5, 0.6) is 10.8 Å². The quantitative estimate of drug-likeness (QED) is 0.534. The van der Waals surface area contributed by atoms with Gasteiger partial charge in [-0.2, -0.15) is 0 Å². The van der Waals surface area contributed by atoms with E-state index in [0.29, 0.717) is 28.7 Å². The van der Waals surface area contributed by atoms with Gasteiger partial charge in [-0.1, -0.05) is 11.3 Å². The molecule has 0 unspecified atom stereocenters. The first kappa shape index (κ1) is 12.2. The van der Waals surface area contributed by atoms with Crippen molar-refractivity contribution in [1.29, 1.82) is 0 Å². The molecule has 0 fully saturated rings. The van der Waals surface area contributed by atoms with Crippen molar-refractivity contribution >= 4 is 29.9 Å². The molecule has 1 aromatic rings. The molecule has 84 valence electrons. The Morgan fingerprint density at radius 2 is 2.27 bits per heavy atom. The average molecular weight is 248 g/mol. The third-order valence-electron chi connectivity index (χ3n) is 1.68. The van der Waals surface area contributed by atoms with Gasteiger partial charge in [0.05, 0.1) is 10.8 Å². The van der Waals surface area contributed by atoms with Crippen LogP contribution in [0, 0.1) is 0 Å². The van der Waals surface area contributed by atoms with Gasteiger partial charge in [0.1, 0.15) is 0 Å². The third-order valence-corrected chi connectivity index (χ3v) is 2.93. The second kappa shape index (κ2) is 5.87. The maximum atomic E-state index is 10.2. The van der Waals surface area contributed by atoms with Crippen LogP contribution in [0.2, 0.25) is 0 Å². The summed E-state index contributed by atoms with van der Waals surface area (Å²) < 4.78 is 5.95. The van der Waals surface area contributed by atoms with E-state index in [1.54, 1.807) is 0 Å². The normalized spacial score (nSPS) is 10.2. The molecule has 1 aromatic heterocycles.